The summed E-state index contributed by atoms with van der Waals surface area (Å²) in [4.78, 5) is 23.4. The maximum absolute atomic E-state index is 12.1. The topological polar surface area (TPSA) is 64.6 Å². The Labute approximate surface area is 135 Å². The van der Waals surface area contributed by atoms with Gasteiger partial charge in [0.2, 0.25) is 0 Å². The zero-order valence-corrected chi connectivity index (χ0v) is 12.6. The van der Waals surface area contributed by atoms with Crippen LogP contribution in [-0.4, -0.2) is 38.3 Å². The quantitative estimate of drug-likeness (QED) is 0.850. The van der Waals surface area contributed by atoms with E-state index in [2.05, 4.69) is 0 Å². The maximum atomic E-state index is 12.1. The Morgan fingerprint density at radius 1 is 1.08 bits per heavy atom. The molecular formula is C16H14F3NO4. The zero-order valence-electron chi connectivity index (χ0n) is 12.6. The van der Waals surface area contributed by atoms with E-state index < -0.39 is 31.2 Å². The number of rotatable bonds is 5. The van der Waals surface area contributed by atoms with Crippen LogP contribution in [0.4, 0.5) is 13.2 Å². The van der Waals surface area contributed by atoms with Gasteiger partial charge in [-0.05, 0) is 17.5 Å². The molecule has 2 aromatic rings. The molecule has 8 heteroatoms. The average Bonchev–Trinajstić information content (AvgIpc) is 2.56. The largest absolute Gasteiger partial charge is 0.496 e. The van der Waals surface area contributed by atoms with Gasteiger partial charge in [-0.2, -0.15) is 13.2 Å². The predicted octanol–water partition coefficient (Wildman–Crippen LogP) is 2.68. The van der Waals surface area contributed by atoms with E-state index in [1.54, 1.807) is 35.6 Å². The van der Waals surface area contributed by atoms with Crippen LogP contribution in [0.2, 0.25) is 0 Å². The summed E-state index contributed by atoms with van der Waals surface area (Å²) in [7, 11) is 1.49. The first kappa shape index (κ1) is 17.6. The SMILES string of the molecule is COc1ccc(C(=O)OCC(=O)NCC(F)(F)F)c2ccccc12. The highest BCUT2D eigenvalue weighted by molar-refractivity contribution is 6.06. The lowest BCUT2D eigenvalue weighted by Crippen LogP contribution is -2.36. The molecule has 5 nitrogen and oxygen atoms in total. The number of ether oxygens (including phenoxy) is 2. The van der Waals surface area contributed by atoms with Crippen LogP contribution in [0.3, 0.4) is 0 Å². The van der Waals surface area contributed by atoms with E-state index in [9.17, 15) is 22.8 Å². The molecule has 0 heterocycles. The van der Waals surface area contributed by atoms with Gasteiger partial charge in [-0.15, -0.1) is 0 Å². The fourth-order valence-electron chi connectivity index (χ4n) is 2.09. The maximum Gasteiger partial charge on any atom is 0.405 e. The van der Waals surface area contributed by atoms with Gasteiger partial charge in [0.25, 0.3) is 5.91 Å². The first-order valence-electron chi connectivity index (χ1n) is 6.88. The highest BCUT2D eigenvalue weighted by atomic mass is 19.4. The molecule has 0 aromatic heterocycles. The molecule has 0 fully saturated rings. The Hall–Kier alpha value is -2.77. The molecule has 0 atom stereocenters. The molecule has 2 aromatic carbocycles. The second-order valence-electron chi connectivity index (χ2n) is 4.83. The molecule has 0 aliphatic rings. The van der Waals surface area contributed by atoms with Gasteiger partial charge in [-0.25, -0.2) is 4.79 Å². The molecule has 24 heavy (non-hydrogen) atoms. The molecular weight excluding hydrogens is 327 g/mol. The predicted molar refractivity (Wildman–Crippen MR) is 79.8 cm³/mol. The van der Waals surface area contributed by atoms with Crippen molar-refractivity contribution in [1.29, 1.82) is 0 Å². The Balaban J connectivity index is 2.08. The van der Waals surface area contributed by atoms with Gasteiger partial charge in [0.1, 0.15) is 12.3 Å². The number of fused-ring (bicyclic) bond motifs is 1. The normalized spacial score (nSPS) is 11.2. The number of hydrogen-bond acceptors (Lipinski definition) is 4. The van der Waals surface area contributed by atoms with Crippen molar-refractivity contribution in [2.45, 2.75) is 6.18 Å². The molecule has 1 N–H and O–H groups in total. The van der Waals surface area contributed by atoms with Crippen LogP contribution in [-0.2, 0) is 9.53 Å². The third-order valence-electron chi connectivity index (χ3n) is 3.14. The lowest BCUT2D eigenvalue weighted by molar-refractivity contribution is -0.140. The van der Waals surface area contributed by atoms with E-state index in [-0.39, 0.29) is 5.56 Å². The Kier molecular flexibility index (Phi) is 5.28. The number of alkyl halides is 3. The van der Waals surface area contributed by atoms with Crippen molar-refractivity contribution in [3.63, 3.8) is 0 Å². The third-order valence-corrected chi connectivity index (χ3v) is 3.14. The van der Waals surface area contributed by atoms with Gasteiger partial charge in [0.15, 0.2) is 6.61 Å². The number of carbonyl (C=O) groups excluding carboxylic acids is 2. The number of esters is 1. The molecule has 2 rings (SSSR count). The van der Waals surface area contributed by atoms with Gasteiger partial charge in [-0.1, -0.05) is 24.3 Å². The molecule has 0 aliphatic heterocycles. The van der Waals surface area contributed by atoms with Gasteiger partial charge in [-0.3, -0.25) is 4.79 Å². The molecule has 0 spiro atoms. The fourth-order valence-corrected chi connectivity index (χ4v) is 2.09. The number of halogens is 3. The molecule has 0 radical (unpaired) electrons. The third kappa shape index (κ3) is 4.37. The fraction of sp³-hybridized carbons (Fsp3) is 0.250. The monoisotopic (exact) mass is 341 g/mol. The number of amides is 1. The molecule has 0 saturated carbocycles. The minimum Gasteiger partial charge on any atom is -0.496 e. The smallest absolute Gasteiger partial charge is 0.405 e. The van der Waals surface area contributed by atoms with E-state index in [4.69, 9.17) is 9.47 Å². The Morgan fingerprint density at radius 3 is 2.38 bits per heavy atom. The molecule has 0 saturated heterocycles. The number of benzene rings is 2. The summed E-state index contributed by atoms with van der Waals surface area (Å²) in [5.41, 5.74) is 0.190. The van der Waals surface area contributed by atoms with Crippen molar-refractivity contribution in [2.24, 2.45) is 0 Å². The lowest BCUT2D eigenvalue weighted by atomic mass is 10.0. The van der Waals surface area contributed by atoms with E-state index in [0.29, 0.717) is 16.5 Å². The number of hydrogen-bond donors (Lipinski definition) is 1. The van der Waals surface area contributed by atoms with E-state index in [1.165, 1.54) is 13.2 Å². The summed E-state index contributed by atoms with van der Waals surface area (Å²) in [6, 6.07) is 9.96. The zero-order chi connectivity index (χ0) is 17.7. The standard InChI is InChI=1S/C16H14F3NO4/c1-23-13-7-6-12(10-4-2-3-5-11(10)13)15(22)24-8-14(21)20-9-16(17,18)19/h2-7H,8-9H2,1H3,(H,20,21). The van der Waals surface area contributed by atoms with E-state index >= 15 is 0 Å². The van der Waals surface area contributed by atoms with Crippen LogP contribution in [0.5, 0.6) is 5.75 Å². The molecule has 1 amide bonds. The average molecular weight is 341 g/mol. The van der Waals surface area contributed by atoms with Gasteiger partial charge in [0.05, 0.1) is 12.7 Å². The molecule has 0 bridgehead atoms. The van der Waals surface area contributed by atoms with Crippen LogP contribution in [0.1, 0.15) is 10.4 Å². The summed E-state index contributed by atoms with van der Waals surface area (Å²) >= 11 is 0. The highest BCUT2D eigenvalue weighted by Gasteiger charge is 2.27. The number of methoxy groups -OCH3 is 1. The molecule has 128 valence electrons. The van der Waals surface area contributed by atoms with Crippen molar-refractivity contribution < 1.29 is 32.2 Å². The van der Waals surface area contributed by atoms with Crippen molar-refractivity contribution in [3.05, 3.63) is 42.0 Å². The molecule has 0 aliphatic carbocycles. The first-order valence-corrected chi connectivity index (χ1v) is 6.88. The van der Waals surface area contributed by atoms with Gasteiger partial charge >= 0.3 is 12.1 Å². The minimum atomic E-state index is -4.52. The molecule has 0 unspecified atom stereocenters. The highest BCUT2D eigenvalue weighted by Crippen LogP contribution is 2.28. The van der Waals surface area contributed by atoms with E-state index in [1.807, 2.05) is 0 Å². The summed E-state index contributed by atoms with van der Waals surface area (Å²) in [5.74, 6) is -1.28. The first-order chi connectivity index (χ1) is 11.3. The second-order valence-corrected chi connectivity index (χ2v) is 4.83. The summed E-state index contributed by atoms with van der Waals surface area (Å²) in [5, 5.41) is 2.85. The van der Waals surface area contributed by atoms with Gasteiger partial charge < -0.3 is 14.8 Å². The van der Waals surface area contributed by atoms with Gasteiger partial charge in [0, 0.05) is 5.39 Å². The van der Waals surface area contributed by atoms with Crippen molar-refractivity contribution >= 4 is 22.6 Å². The van der Waals surface area contributed by atoms with Crippen LogP contribution < -0.4 is 10.1 Å². The van der Waals surface area contributed by atoms with Crippen LogP contribution >= 0.6 is 0 Å². The number of nitrogens with one attached hydrogen (secondary N) is 1. The number of carbonyl (C=O) groups is 2. The summed E-state index contributed by atoms with van der Waals surface area (Å²) in [6.07, 6.45) is -4.52. The van der Waals surface area contributed by atoms with Crippen molar-refractivity contribution in [1.82, 2.24) is 5.32 Å². The van der Waals surface area contributed by atoms with Crippen LogP contribution in [0.25, 0.3) is 10.8 Å². The Morgan fingerprint density at radius 2 is 1.75 bits per heavy atom. The summed E-state index contributed by atoms with van der Waals surface area (Å²) in [6.45, 7) is -2.27. The lowest BCUT2D eigenvalue weighted by Gasteiger charge is -2.11. The summed E-state index contributed by atoms with van der Waals surface area (Å²) < 4.78 is 46.0. The second kappa shape index (κ2) is 7.20. The minimum absolute atomic E-state index is 0.190. The Bertz CT molecular complexity index is 759. The van der Waals surface area contributed by atoms with Crippen molar-refractivity contribution in [3.8, 4) is 5.75 Å². The van der Waals surface area contributed by atoms with E-state index in [0.717, 1.165) is 0 Å². The van der Waals surface area contributed by atoms with Crippen LogP contribution in [0.15, 0.2) is 36.4 Å². The van der Waals surface area contributed by atoms with Crippen molar-refractivity contribution in [2.75, 3.05) is 20.3 Å². The van der Waals surface area contributed by atoms with Crippen LogP contribution in [0, 0.1) is 0 Å².